The van der Waals surface area contributed by atoms with Crippen LogP contribution in [-0.4, -0.2) is 20.3 Å². The average Bonchev–Trinajstić information content (AvgIpc) is 3.16. The smallest absolute Gasteiger partial charge is 0.209 e. The number of rotatable bonds is 2. The summed E-state index contributed by atoms with van der Waals surface area (Å²) < 4.78 is 2.13. The predicted molar refractivity (Wildman–Crippen MR) is 121 cm³/mol. The highest BCUT2D eigenvalue weighted by molar-refractivity contribution is 6.30. The molecule has 3 heterocycles. The van der Waals surface area contributed by atoms with Crippen LogP contribution in [0.15, 0.2) is 84.3 Å². The Morgan fingerprint density at radius 2 is 1.81 bits per heavy atom. The van der Waals surface area contributed by atoms with Crippen LogP contribution in [0.3, 0.4) is 0 Å². The van der Waals surface area contributed by atoms with Gasteiger partial charge in [0.25, 0.3) is 0 Å². The van der Waals surface area contributed by atoms with Gasteiger partial charge in [-0.2, -0.15) is 0 Å². The topological polar surface area (TPSA) is 59.8 Å². The maximum Gasteiger partial charge on any atom is 0.209 e. The number of aromatic nitrogens is 3. The van der Waals surface area contributed by atoms with Gasteiger partial charge in [-0.1, -0.05) is 41.9 Å². The monoisotopic (exact) mass is 426 g/mol. The van der Waals surface area contributed by atoms with Gasteiger partial charge in [0.05, 0.1) is 17.1 Å². The van der Waals surface area contributed by atoms with Crippen LogP contribution in [0.1, 0.15) is 35.9 Å². The molecule has 0 unspecified atom stereocenters. The minimum atomic E-state index is -0.244. The zero-order chi connectivity index (χ0) is 20.9. The lowest BCUT2D eigenvalue weighted by Gasteiger charge is -2.36. The first-order valence-corrected chi connectivity index (χ1v) is 10.7. The SMILES string of the molecule is O=C1C[C@H](c2ccc(Cl)cc2)CC2=C1[C@@H](c1cccnc1)n1c(nc3ccccc31)N2. The molecule has 0 fully saturated rings. The first-order valence-electron chi connectivity index (χ1n) is 10.3. The lowest BCUT2D eigenvalue weighted by atomic mass is 9.78. The normalized spacial score (nSPS) is 20.4. The molecule has 0 amide bonds. The van der Waals surface area contributed by atoms with Crippen molar-refractivity contribution in [3.63, 3.8) is 0 Å². The van der Waals surface area contributed by atoms with E-state index in [2.05, 4.69) is 14.9 Å². The van der Waals surface area contributed by atoms with Crippen LogP contribution >= 0.6 is 11.6 Å². The third kappa shape index (κ3) is 2.96. The molecule has 0 saturated heterocycles. The number of carbonyl (C=O) groups is 1. The molecule has 0 bridgehead atoms. The minimum absolute atomic E-state index is 0.112. The number of anilines is 1. The maximum absolute atomic E-state index is 13.6. The quantitative estimate of drug-likeness (QED) is 0.459. The molecule has 2 atom stereocenters. The van der Waals surface area contributed by atoms with Crippen molar-refractivity contribution in [1.82, 2.24) is 14.5 Å². The standard InChI is InChI=1S/C25H19ClN4O/c26-18-9-7-15(8-10-18)17-12-20-23(22(31)13-17)24(16-4-3-11-27-14-16)30-21-6-2-1-5-19(21)28-25(30)29-20/h1-11,14,17,24H,12-13H2,(H,28,29)/t17-,24-/m1/s1. The van der Waals surface area contributed by atoms with Gasteiger partial charge in [-0.25, -0.2) is 4.98 Å². The number of nitrogens with zero attached hydrogens (tertiary/aromatic N) is 3. The summed E-state index contributed by atoms with van der Waals surface area (Å²) in [6.45, 7) is 0. The third-order valence-corrected chi connectivity index (χ3v) is 6.49. The van der Waals surface area contributed by atoms with Crippen LogP contribution in [0.25, 0.3) is 11.0 Å². The van der Waals surface area contributed by atoms with E-state index in [0.29, 0.717) is 11.4 Å². The molecular weight excluding hydrogens is 408 g/mol. The molecule has 0 spiro atoms. The molecule has 31 heavy (non-hydrogen) atoms. The number of nitrogens with one attached hydrogen (secondary N) is 1. The highest BCUT2D eigenvalue weighted by Crippen LogP contribution is 2.45. The van der Waals surface area contributed by atoms with E-state index in [-0.39, 0.29) is 17.7 Å². The van der Waals surface area contributed by atoms with E-state index in [1.807, 2.05) is 66.9 Å². The lowest BCUT2D eigenvalue weighted by molar-refractivity contribution is -0.116. The molecule has 5 nitrogen and oxygen atoms in total. The number of fused-ring (bicyclic) bond motifs is 3. The van der Waals surface area contributed by atoms with Crippen molar-refractivity contribution in [3.8, 4) is 0 Å². The van der Waals surface area contributed by atoms with Crippen molar-refractivity contribution in [1.29, 1.82) is 0 Å². The van der Waals surface area contributed by atoms with Gasteiger partial charge in [-0.05, 0) is 53.8 Å². The van der Waals surface area contributed by atoms with E-state index in [1.165, 1.54) is 0 Å². The number of carbonyl (C=O) groups excluding carboxylic acids is 1. The number of ketones is 1. The number of Topliss-reactive ketones (excluding diaryl/α,β-unsaturated/α-hetero) is 1. The molecule has 6 rings (SSSR count). The van der Waals surface area contributed by atoms with Crippen molar-refractivity contribution in [2.75, 3.05) is 5.32 Å². The van der Waals surface area contributed by atoms with Crippen molar-refractivity contribution in [3.05, 3.63) is 100 Å². The minimum Gasteiger partial charge on any atom is -0.329 e. The second kappa shape index (κ2) is 7.06. The highest BCUT2D eigenvalue weighted by atomic mass is 35.5. The van der Waals surface area contributed by atoms with Gasteiger partial charge in [0.2, 0.25) is 5.95 Å². The Labute approximate surface area is 184 Å². The summed E-state index contributed by atoms with van der Waals surface area (Å²) in [5.41, 5.74) is 5.78. The van der Waals surface area contributed by atoms with Gasteiger partial charge in [0.1, 0.15) is 0 Å². The summed E-state index contributed by atoms with van der Waals surface area (Å²) in [6.07, 6.45) is 4.83. The van der Waals surface area contributed by atoms with Crippen LogP contribution in [0.4, 0.5) is 5.95 Å². The molecule has 0 radical (unpaired) electrons. The number of benzene rings is 2. The van der Waals surface area contributed by atoms with Gasteiger partial charge in [0.15, 0.2) is 5.78 Å². The van der Waals surface area contributed by atoms with Gasteiger partial charge in [0, 0.05) is 35.1 Å². The Balaban J connectivity index is 1.51. The van der Waals surface area contributed by atoms with E-state index in [0.717, 1.165) is 45.8 Å². The van der Waals surface area contributed by atoms with E-state index in [4.69, 9.17) is 16.6 Å². The first-order chi connectivity index (χ1) is 15.2. The lowest BCUT2D eigenvalue weighted by Crippen LogP contribution is -2.33. The number of imidazole rings is 1. The maximum atomic E-state index is 13.6. The zero-order valence-corrected chi connectivity index (χ0v) is 17.4. The van der Waals surface area contributed by atoms with Gasteiger partial charge >= 0.3 is 0 Å². The van der Waals surface area contributed by atoms with Crippen molar-refractivity contribution in [2.45, 2.75) is 24.8 Å². The molecule has 0 saturated carbocycles. The fourth-order valence-corrected chi connectivity index (χ4v) is 4.97. The summed E-state index contributed by atoms with van der Waals surface area (Å²) in [4.78, 5) is 22.7. The van der Waals surface area contributed by atoms with Gasteiger partial charge in [-0.3, -0.25) is 14.3 Å². The Morgan fingerprint density at radius 3 is 2.61 bits per heavy atom. The molecule has 4 aromatic rings. The molecule has 1 N–H and O–H groups in total. The second-order valence-corrected chi connectivity index (χ2v) is 8.52. The summed E-state index contributed by atoms with van der Waals surface area (Å²) in [5.74, 6) is 1.03. The Hall–Kier alpha value is -3.44. The number of hydrogen-bond donors (Lipinski definition) is 1. The van der Waals surface area contributed by atoms with E-state index >= 15 is 0 Å². The van der Waals surface area contributed by atoms with E-state index in [1.54, 1.807) is 6.20 Å². The Bertz CT molecular complexity index is 1340. The molecule has 152 valence electrons. The van der Waals surface area contributed by atoms with Crippen molar-refractivity contribution in [2.24, 2.45) is 0 Å². The zero-order valence-electron chi connectivity index (χ0n) is 16.6. The van der Waals surface area contributed by atoms with E-state index in [9.17, 15) is 4.79 Å². The van der Waals surface area contributed by atoms with Crippen LogP contribution in [0, 0.1) is 0 Å². The van der Waals surface area contributed by atoms with Crippen LogP contribution in [0.2, 0.25) is 5.02 Å². The Morgan fingerprint density at radius 1 is 0.968 bits per heavy atom. The van der Waals surface area contributed by atoms with E-state index < -0.39 is 0 Å². The number of pyridine rings is 1. The van der Waals surface area contributed by atoms with Crippen LogP contribution in [0.5, 0.6) is 0 Å². The van der Waals surface area contributed by atoms with Gasteiger partial charge < -0.3 is 5.32 Å². The molecule has 2 aliphatic rings. The van der Waals surface area contributed by atoms with Crippen molar-refractivity contribution < 1.29 is 4.79 Å². The number of allylic oxidation sites excluding steroid dienone is 2. The largest absolute Gasteiger partial charge is 0.329 e. The number of para-hydroxylation sites is 2. The van der Waals surface area contributed by atoms with Crippen molar-refractivity contribution >= 4 is 34.4 Å². The first kappa shape index (κ1) is 18.3. The predicted octanol–water partition coefficient (Wildman–Crippen LogP) is 5.50. The molecule has 2 aromatic heterocycles. The Kier molecular flexibility index (Phi) is 4.18. The van der Waals surface area contributed by atoms with Gasteiger partial charge in [-0.15, -0.1) is 0 Å². The molecule has 6 heteroatoms. The van der Waals surface area contributed by atoms with Crippen LogP contribution in [-0.2, 0) is 4.79 Å². The third-order valence-electron chi connectivity index (χ3n) is 6.24. The second-order valence-electron chi connectivity index (χ2n) is 8.08. The molecule has 1 aliphatic carbocycles. The molecule has 1 aliphatic heterocycles. The summed E-state index contributed by atoms with van der Waals surface area (Å²) in [5, 5.41) is 4.19. The molecule has 2 aromatic carbocycles. The fourth-order valence-electron chi connectivity index (χ4n) is 4.85. The van der Waals surface area contributed by atoms with Crippen LogP contribution < -0.4 is 5.32 Å². The molecular formula is C25H19ClN4O. The fraction of sp³-hybridized carbons (Fsp3) is 0.160. The summed E-state index contributed by atoms with van der Waals surface area (Å²) in [6, 6.07) is 19.5. The highest BCUT2D eigenvalue weighted by Gasteiger charge is 2.39. The summed E-state index contributed by atoms with van der Waals surface area (Å²) in [7, 11) is 0. The average molecular weight is 427 g/mol. The summed E-state index contributed by atoms with van der Waals surface area (Å²) >= 11 is 6.07. The number of halogens is 1. The number of hydrogen-bond acceptors (Lipinski definition) is 4.